The number of allylic oxidation sites excluding steroid dienone is 3. The topological polar surface area (TPSA) is 307 Å². The van der Waals surface area contributed by atoms with Gasteiger partial charge in [0.25, 0.3) is 0 Å². The van der Waals surface area contributed by atoms with E-state index < -0.39 is 124 Å². The van der Waals surface area contributed by atoms with Crippen molar-refractivity contribution in [2.24, 2.45) is 0 Å². The van der Waals surface area contributed by atoms with E-state index in [1.807, 2.05) is 6.08 Å². The third-order valence-electron chi connectivity index (χ3n) is 16.8. The SMILES string of the molecule is CCCCCCCCCCCC/C=C/CC/C=C/C(O)C(COC1OC(CO)C(OC2OC(CO)C(OC3OC(CO)C(O)C(O)C3O)C(O)C2O)C(O)C1O)NC(=O)CCCCCCCCCCCCCCCCCCCCCCCC. The molecule has 3 saturated heterocycles. The Bertz CT molecular complexity index is 1610. The summed E-state index contributed by atoms with van der Waals surface area (Å²) in [6, 6.07) is -0.985. The number of rotatable bonds is 50. The van der Waals surface area contributed by atoms with Crippen molar-refractivity contribution in [3.8, 4) is 0 Å². The van der Waals surface area contributed by atoms with Crippen LogP contribution in [0.3, 0.4) is 0 Å². The van der Waals surface area contributed by atoms with Crippen molar-refractivity contribution < 1.29 is 89.4 Å². The number of aliphatic hydroxyl groups excluding tert-OH is 11. The first-order valence-corrected chi connectivity index (χ1v) is 33.1. The van der Waals surface area contributed by atoms with Gasteiger partial charge >= 0.3 is 0 Å². The number of aliphatic hydroxyl groups is 11. The molecule has 19 nitrogen and oxygen atoms in total. The largest absolute Gasteiger partial charge is 0.394 e. The Kier molecular flexibility index (Phi) is 43.0. The highest BCUT2D eigenvalue weighted by molar-refractivity contribution is 5.76. The van der Waals surface area contributed by atoms with Crippen molar-refractivity contribution >= 4 is 5.91 Å². The molecule has 17 atom stereocenters. The number of amides is 1. The Labute approximate surface area is 498 Å². The van der Waals surface area contributed by atoms with Gasteiger partial charge in [-0.2, -0.15) is 0 Å². The standard InChI is InChI=1S/C64H119NO18/c1-3-5-7-9-11-13-15-17-19-21-22-23-24-25-26-28-30-32-34-36-38-40-42-52(70)65-47(48(69)41-39-37-35-33-31-29-27-20-18-16-14-12-10-8-6-4-2)46-78-62-58(76)55(73)60(50(44-67)80-62)83-64-59(77)56(74)61(51(45-68)81-64)82-63-57(75)54(72)53(71)49(43-66)79-63/h31,33,39,41,47-51,53-64,66-69,71-77H,3-30,32,34-38,40,42-46H2,1-2H3,(H,65,70)/b33-31+,41-39+. The maximum absolute atomic E-state index is 13.4. The highest BCUT2D eigenvalue weighted by Gasteiger charge is 2.53. The Morgan fingerprint density at radius 2 is 0.771 bits per heavy atom. The smallest absolute Gasteiger partial charge is 0.220 e. The van der Waals surface area contributed by atoms with Gasteiger partial charge in [0.15, 0.2) is 18.9 Å². The van der Waals surface area contributed by atoms with Gasteiger partial charge in [0.2, 0.25) is 5.91 Å². The van der Waals surface area contributed by atoms with Crippen LogP contribution in [0, 0.1) is 0 Å². The average Bonchev–Trinajstić information content (AvgIpc) is 3.19. The molecule has 3 fully saturated rings. The first-order chi connectivity index (χ1) is 40.3. The quantitative estimate of drug-likeness (QED) is 0.0207. The minimum absolute atomic E-state index is 0.240. The summed E-state index contributed by atoms with van der Waals surface area (Å²) in [5.74, 6) is -0.281. The number of hydrogen-bond acceptors (Lipinski definition) is 18. The molecule has 3 heterocycles. The van der Waals surface area contributed by atoms with Crippen LogP contribution >= 0.6 is 0 Å². The molecule has 3 aliphatic heterocycles. The Morgan fingerprint density at radius 1 is 0.422 bits per heavy atom. The first-order valence-electron chi connectivity index (χ1n) is 33.1. The number of carbonyl (C=O) groups is 1. The lowest BCUT2D eigenvalue weighted by molar-refractivity contribution is -0.379. The predicted octanol–water partition coefficient (Wildman–Crippen LogP) is 7.49. The molecular weight excluding hydrogens is 1070 g/mol. The van der Waals surface area contributed by atoms with E-state index in [9.17, 15) is 61.0 Å². The Hall–Kier alpha value is -1.73. The fraction of sp³-hybridized carbons (Fsp3) is 0.922. The first kappa shape index (κ1) is 75.5. The monoisotopic (exact) mass is 1190 g/mol. The summed E-state index contributed by atoms with van der Waals surface area (Å²) >= 11 is 0. The Balaban J connectivity index is 1.46. The second-order valence-corrected chi connectivity index (χ2v) is 23.9. The lowest BCUT2D eigenvalue weighted by Gasteiger charge is -2.48. The molecule has 83 heavy (non-hydrogen) atoms. The van der Waals surface area contributed by atoms with Gasteiger partial charge in [0.1, 0.15) is 73.2 Å². The van der Waals surface area contributed by atoms with Crippen LogP contribution in [0.15, 0.2) is 24.3 Å². The normalized spacial score (nSPS) is 29.5. The molecule has 0 radical (unpaired) electrons. The van der Waals surface area contributed by atoms with E-state index in [2.05, 4.69) is 31.3 Å². The molecule has 19 heteroatoms. The van der Waals surface area contributed by atoms with Crippen molar-refractivity contribution in [2.45, 2.75) is 349 Å². The summed E-state index contributed by atoms with van der Waals surface area (Å²) in [4.78, 5) is 13.4. The van der Waals surface area contributed by atoms with Crippen LogP contribution in [-0.2, 0) is 33.2 Å². The third-order valence-corrected chi connectivity index (χ3v) is 16.8. The van der Waals surface area contributed by atoms with Crippen molar-refractivity contribution in [2.75, 3.05) is 26.4 Å². The summed E-state index contributed by atoms with van der Waals surface area (Å²) in [6.45, 7) is 1.73. The predicted molar refractivity (Wildman–Crippen MR) is 319 cm³/mol. The molecule has 0 saturated carbocycles. The second-order valence-electron chi connectivity index (χ2n) is 23.9. The number of carbonyl (C=O) groups excluding carboxylic acids is 1. The molecule has 488 valence electrons. The fourth-order valence-electron chi connectivity index (χ4n) is 11.3. The van der Waals surface area contributed by atoms with E-state index in [0.717, 1.165) is 38.5 Å². The number of unbranched alkanes of at least 4 members (excludes halogenated alkanes) is 32. The molecule has 0 aromatic heterocycles. The van der Waals surface area contributed by atoms with Gasteiger partial charge < -0.3 is 89.9 Å². The maximum Gasteiger partial charge on any atom is 0.220 e. The molecule has 17 unspecified atom stereocenters. The maximum atomic E-state index is 13.4. The lowest BCUT2D eigenvalue weighted by atomic mass is 9.96. The van der Waals surface area contributed by atoms with Crippen LogP contribution in [0.1, 0.15) is 245 Å². The Morgan fingerprint density at radius 3 is 1.20 bits per heavy atom. The van der Waals surface area contributed by atoms with E-state index in [1.165, 1.54) is 173 Å². The lowest BCUT2D eigenvalue weighted by Crippen LogP contribution is -2.66. The van der Waals surface area contributed by atoms with E-state index >= 15 is 0 Å². The van der Waals surface area contributed by atoms with Crippen LogP contribution in [-0.4, -0.2) is 193 Å². The highest BCUT2D eigenvalue weighted by atomic mass is 16.8. The average molecular weight is 1190 g/mol. The number of hydrogen-bond donors (Lipinski definition) is 12. The van der Waals surface area contributed by atoms with Gasteiger partial charge in [-0.1, -0.05) is 231 Å². The minimum Gasteiger partial charge on any atom is -0.394 e. The van der Waals surface area contributed by atoms with Crippen molar-refractivity contribution in [3.05, 3.63) is 24.3 Å². The van der Waals surface area contributed by atoms with E-state index in [0.29, 0.717) is 12.8 Å². The molecule has 0 aliphatic carbocycles. The third kappa shape index (κ3) is 30.4. The molecule has 1 amide bonds. The fourth-order valence-corrected chi connectivity index (χ4v) is 11.3. The van der Waals surface area contributed by atoms with Crippen LogP contribution in [0.5, 0.6) is 0 Å². The van der Waals surface area contributed by atoms with Gasteiger partial charge in [-0.15, -0.1) is 0 Å². The van der Waals surface area contributed by atoms with Gasteiger partial charge in [0.05, 0.1) is 38.6 Å². The van der Waals surface area contributed by atoms with Gasteiger partial charge in [-0.25, -0.2) is 0 Å². The number of ether oxygens (including phenoxy) is 6. The van der Waals surface area contributed by atoms with Crippen molar-refractivity contribution in [1.82, 2.24) is 5.32 Å². The molecule has 0 aromatic carbocycles. The van der Waals surface area contributed by atoms with Crippen molar-refractivity contribution in [3.63, 3.8) is 0 Å². The highest BCUT2D eigenvalue weighted by Crippen LogP contribution is 2.33. The number of nitrogens with one attached hydrogen (secondary N) is 1. The zero-order chi connectivity index (χ0) is 60.5. The summed E-state index contributed by atoms with van der Waals surface area (Å²) in [7, 11) is 0. The molecular formula is C64H119NO18. The van der Waals surface area contributed by atoms with Gasteiger partial charge in [-0.3, -0.25) is 4.79 Å². The summed E-state index contributed by atoms with van der Waals surface area (Å²) in [5, 5.41) is 120. The molecule has 12 N–H and O–H groups in total. The van der Waals surface area contributed by atoms with Gasteiger partial charge in [0, 0.05) is 6.42 Å². The van der Waals surface area contributed by atoms with Crippen LogP contribution in [0.2, 0.25) is 0 Å². The van der Waals surface area contributed by atoms with Crippen LogP contribution in [0.4, 0.5) is 0 Å². The molecule has 0 spiro atoms. The van der Waals surface area contributed by atoms with Crippen molar-refractivity contribution in [1.29, 1.82) is 0 Å². The molecule has 0 bridgehead atoms. The van der Waals surface area contributed by atoms with E-state index in [1.54, 1.807) is 6.08 Å². The zero-order valence-corrected chi connectivity index (χ0v) is 51.2. The minimum atomic E-state index is -1.98. The van der Waals surface area contributed by atoms with Crippen LogP contribution < -0.4 is 5.32 Å². The summed E-state index contributed by atoms with van der Waals surface area (Å²) in [6.07, 6.45) is 24.4. The van der Waals surface area contributed by atoms with E-state index in [4.69, 9.17) is 28.4 Å². The molecule has 3 rings (SSSR count). The zero-order valence-electron chi connectivity index (χ0n) is 51.2. The summed E-state index contributed by atoms with van der Waals surface area (Å²) in [5.41, 5.74) is 0. The van der Waals surface area contributed by atoms with Crippen LogP contribution in [0.25, 0.3) is 0 Å². The summed E-state index contributed by atoms with van der Waals surface area (Å²) < 4.78 is 34.3. The molecule has 0 aromatic rings. The van der Waals surface area contributed by atoms with Gasteiger partial charge in [-0.05, 0) is 32.1 Å². The van der Waals surface area contributed by atoms with E-state index in [-0.39, 0.29) is 18.9 Å². The second kappa shape index (κ2) is 47.3. The molecule has 3 aliphatic rings.